The van der Waals surface area contributed by atoms with E-state index in [0.29, 0.717) is 26.0 Å². The smallest absolute Gasteiger partial charge is 0.248 e. The molecule has 2 amide bonds. The number of amides is 2. The molecule has 5 nitrogen and oxygen atoms in total. The van der Waals surface area contributed by atoms with Crippen molar-refractivity contribution < 1.29 is 14.3 Å². The molecule has 5 heteroatoms. The summed E-state index contributed by atoms with van der Waals surface area (Å²) in [5, 5.41) is 2.87. The van der Waals surface area contributed by atoms with Gasteiger partial charge in [-0.25, -0.2) is 0 Å². The van der Waals surface area contributed by atoms with E-state index in [-0.39, 0.29) is 23.8 Å². The molecule has 0 aromatic heterocycles. The standard InChI is InChI=1S/C14H26N2O3/c1-6-11-12(17)15-14(4,7-2)13(18)16(11)8-10(3)9-19-5/h10-11H,6-9H2,1-5H3,(H,15,17). The quantitative estimate of drug-likeness (QED) is 0.788. The van der Waals surface area contributed by atoms with Gasteiger partial charge in [0.2, 0.25) is 11.8 Å². The number of carbonyl (C=O) groups excluding carboxylic acids is 2. The molecule has 0 aromatic rings. The fourth-order valence-corrected chi connectivity index (χ4v) is 2.54. The summed E-state index contributed by atoms with van der Waals surface area (Å²) in [5.74, 6) is 0.190. The normalized spacial score (nSPS) is 29.3. The average Bonchev–Trinajstić information content (AvgIpc) is 2.36. The van der Waals surface area contributed by atoms with Gasteiger partial charge < -0.3 is 15.0 Å². The lowest BCUT2D eigenvalue weighted by Crippen LogP contribution is -2.69. The highest BCUT2D eigenvalue weighted by Gasteiger charge is 2.46. The van der Waals surface area contributed by atoms with Crippen LogP contribution in [0.15, 0.2) is 0 Å². The first-order chi connectivity index (χ1) is 8.89. The van der Waals surface area contributed by atoms with Crippen molar-refractivity contribution in [1.82, 2.24) is 10.2 Å². The zero-order valence-electron chi connectivity index (χ0n) is 12.7. The molecule has 1 aliphatic rings. The number of nitrogens with one attached hydrogen (secondary N) is 1. The van der Waals surface area contributed by atoms with Crippen molar-refractivity contribution >= 4 is 11.8 Å². The van der Waals surface area contributed by atoms with Crippen LogP contribution in [-0.4, -0.2) is 48.6 Å². The van der Waals surface area contributed by atoms with Crippen molar-refractivity contribution in [1.29, 1.82) is 0 Å². The molecule has 110 valence electrons. The number of hydrogen-bond acceptors (Lipinski definition) is 3. The van der Waals surface area contributed by atoms with Gasteiger partial charge in [-0.3, -0.25) is 9.59 Å². The largest absolute Gasteiger partial charge is 0.384 e. The number of hydrogen-bond donors (Lipinski definition) is 1. The van der Waals surface area contributed by atoms with Gasteiger partial charge in [-0.15, -0.1) is 0 Å². The van der Waals surface area contributed by atoms with Crippen LogP contribution < -0.4 is 5.32 Å². The van der Waals surface area contributed by atoms with Gasteiger partial charge in [0.05, 0.1) is 6.61 Å². The number of carbonyl (C=O) groups is 2. The molecule has 0 radical (unpaired) electrons. The Morgan fingerprint density at radius 1 is 1.42 bits per heavy atom. The summed E-state index contributed by atoms with van der Waals surface area (Å²) >= 11 is 0. The van der Waals surface area contributed by atoms with Crippen LogP contribution >= 0.6 is 0 Å². The van der Waals surface area contributed by atoms with Gasteiger partial charge in [0.1, 0.15) is 11.6 Å². The predicted molar refractivity (Wildman–Crippen MR) is 73.7 cm³/mol. The van der Waals surface area contributed by atoms with Crippen molar-refractivity contribution in [2.75, 3.05) is 20.3 Å². The molecule has 3 atom stereocenters. The summed E-state index contributed by atoms with van der Waals surface area (Å²) in [5.41, 5.74) is -0.768. The van der Waals surface area contributed by atoms with Gasteiger partial charge >= 0.3 is 0 Å². The van der Waals surface area contributed by atoms with E-state index in [1.54, 1.807) is 18.9 Å². The first-order valence-electron chi connectivity index (χ1n) is 7.01. The fraction of sp³-hybridized carbons (Fsp3) is 0.857. The number of rotatable bonds is 6. The second kappa shape index (κ2) is 6.37. The molecule has 0 spiro atoms. The third-order valence-corrected chi connectivity index (χ3v) is 3.86. The van der Waals surface area contributed by atoms with Crippen LogP contribution in [0.5, 0.6) is 0 Å². The minimum absolute atomic E-state index is 0.0180. The Hall–Kier alpha value is -1.10. The number of ether oxygens (including phenoxy) is 1. The fourth-order valence-electron chi connectivity index (χ4n) is 2.54. The summed E-state index contributed by atoms with van der Waals surface area (Å²) in [6.07, 6.45) is 1.24. The van der Waals surface area contributed by atoms with E-state index in [2.05, 4.69) is 5.32 Å². The Balaban J connectivity index is 2.93. The molecule has 1 saturated heterocycles. The lowest BCUT2D eigenvalue weighted by Gasteiger charge is -2.44. The highest BCUT2D eigenvalue weighted by atomic mass is 16.5. The molecule has 1 rings (SSSR count). The molecule has 3 unspecified atom stereocenters. The molecule has 0 aliphatic carbocycles. The predicted octanol–water partition coefficient (Wildman–Crippen LogP) is 1.17. The molecule has 0 saturated carbocycles. The molecule has 1 N–H and O–H groups in total. The Morgan fingerprint density at radius 2 is 2.05 bits per heavy atom. The molecular formula is C14H26N2O3. The van der Waals surface area contributed by atoms with Gasteiger partial charge in [-0.05, 0) is 25.7 Å². The number of methoxy groups -OCH3 is 1. The maximum Gasteiger partial charge on any atom is 0.248 e. The Kier molecular flexibility index (Phi) is 5.35. The average molecular weight is 270 g/mol. The highest BCUT2D eigenvalue weighted by Crippen LogP contribution is 2.23. The van der Waals surface area contributed by atoms with Gasteiger partial charge in [0, 0.05) is 13.7 Å². The number of piperazine rings is 1. The van der Waals surface area contributed by atoms with E-state index >= 15 is 0 Å². The van der Waals surface area contributed by atoms with E-state index in [1.807, 2.05) is 20.8 Å². The Labute approximate surface area is 115 Å². The van der Waals surface area contributed by atoms with Crippen molar-refractivity contribution in [3.8, 4) is 0 Å². The van der Waals surface area contributed by atoms with Crippen molar-refractivity contribution in [3.63, 3.8) is 0 Å². The van der Waals surface area contributed by atoms with Crippen LogP contribution in [0.3, 0.4) is 0 Å². The van der Waals surface area contributed by atoms with Crippen LogP contribution in [0.4, 0.5) is 0 Å². The SMILES string of the molecule is CCC1C(=O)NC(C)(CC)C(=O)N1CC(C)COC. The second-order valence-electron chi connectivity index (χ2n) is 5.62. The van der Waals surface area contributed by atoms with Crippen LogP contribution in [-0.2, 0) is 14.3 Å². The van der Waals surface area contributed by atoms with Crippen LogP contribution in [0.25, 0.3) is 0 Å². The minimum Gasteiger partial charge on any atom is -0.384 e. The monoisotopic (exact) mass is 270 g/mol. The van der Waals surface area contributed by atoms with E-state index in [4.69, 9.17) is 4.74 Å². The molecular weight excluding hydrogens is 244 g/mol. The zero-order valence-corrected chi connectivity index (χ0v) is 12.7. The van der Waals surface area contributed by atoms with Gasteiger partial charge in [0.25, 0.3) is 0 Å². The van der Waals surface area contributed by atoms with E-state index in [9.17, 15) is 9.59 Å². The third kappa shape index (κ3) is 3.26. The number of nitrogens with zero attached hydrogens (tertiary/aromatic N) is 1. The Bertz CT molecular complexity index is 346. The molecule has 1 aliphatic heterocycles. The van der Waals surface area contributed by atoms with E-state index in [0.717, 1.165) is 0 Å². The van der Waals surface area contributed by atoms with Crippen LogP contribution in [0, 0.1) is 5.92 Å². The first kappa shape index (κ1) is 16.0. The molecule has 1 fully saturated rings. The van der Waals surface area contributed by atoms with Gasteiger partial charge in [-0.1, -0.05) is 20.8 Å². The molecule has 0 bridgehead atoms. The molecule has 0 aromatic carbocycles. The van der Waals surface area contributed by atoms with Crippen LogP contribution in [0.2, 0.25) is 0 Å². The van der Waals surface area contributed by atoms with E-state index in [1.165, 1.54) is 0 Å². The maximum absolute atomic E-state index is 12.6. The topological polar surface area (TPSA) is 58.6 Å². The van der Waals surface area contributed by atoms with Crippen molar-refractivity contribution in [2.24, 2.45) is 5.92 Å². The summed E-state index contributed by atoms with van der Waals surface area (Å²) < 4.78 is 5.12. The summed E-state index contributed by atoms with van der Waals surface area (Å²) in [7, 11) is 1.65. The Morgan fingerprint density at radius 3 is 2.53 bits per heavy atom. The minimum atomic E-state index is -0.768. The summed E-state index contributed by atoms with van der Waals surface area (Å²) in [6.45, 7) is 8.83. The second-order valence-corrected chi connectivity index (χ2v) is 5.62. The zero-order chi connectivity index (χ0) is 14.6. The molecule has 19 heavy (non-hydrogen) atoms. The lowest BCUT2D eigenvalue weighted by molar-refractivity contribution is -0.155. The van der Waals surface area contributed by atoms with Gasteiger partial charge in [-0.2, -0.15) is 0 Å². The summed E-state index contributed by atoms with van der Waals surface area (Å²) in [6, 6.07) is -0.355. The van der Waals surface area contributed by atoms with Crippen LogP contribution in [0.1, 0.15) is 40.5 Å². The lowest BCUT2D eigenvalue weighted by atomic mass is 9.90. The summed E-state index contributed by atoms with van der Waals surface area (Å²) in [4.78, 5) is 26.5. The third-order valence-electron chi connectivity index (χ3n) is 3.86. The van der Waals surface area contributed by atoms with Crippen molar-refractivity contribution in [2.45, 2.75) is 52.1 Å². The van der Waals surface area contributed by atoms with Crippen molar-refractivity contribution in [3.05, 3.63) is 0 Å². The highest BCUT2D eigenvalue weighted by molar-refractivity contribution is 5.99. The molecule has 1 heterocycles. The van der Waals surface area contributed by atoms with Gasteiger partial charge in [0.15, 0.2) is 0 Å². The first-order valence-corrected chi connectivity index (χ1v) is 7.01. The van der Waals surface area contributed by atoms with E-state index < -0.39 is 5.54 Å². The maximum atomic E-state index is 12.6.